The van der Waals surface area contributed by atoms with Crippen LogP contribution in [0, 0.1) is 0 Å². The second-order valence-electron chi connectivity index (χ2n) is 6.65. The van der Waals surface area contributed by atoms with Gasteiger partial charge in [-0.2, -0.15) is 4.98 Å². The van der Waals surface area contributed by atoms with Gasteiger partial charge in [0.1, 0.15) is 19.0 Å². The SMILES string of the molecule is CCOCC(=O)Nc1ncc(Cc2cc(OC)c(OC)c(OC)c2)c(NC(=O)COCC)n1. The molecule has 2 N–H and O–H groups in total. The van der Waals surface area contributed by atoms with Crippen molar-refractivity contribution in [1.29, 1.82) is 0 Å². The first-order chi connectivity index (χ1) is 15.9. The fourth-order valence-electron chi connectivity index (χ4n) is 2.88. The third kappa shape index (κ3) is 7.58. The first-order valence-electron chi connectivity index (χ1n) is 10.4. The Bertz CT molecular complexity index is 927. The summed E-state index contributed by atoms with van der Waals surface area (Å²) < 4.78 is 26.4. The van der Waals surface area contributed by atoms with Crippen molar-refractivity contribution in [2.45, 2.75) is 20.3 Å². The van der Waals surface area contributed by atoms with Crippen molar-refractivity contribution >= 4 is 23.6 Å². The molecule has 1 aromatic heterocycles. The van der Waals surface area contributed by atoms with Gasteiger partial charge in [0, 0.05) is 31.4 Å². The highest BCUT2D eigenvalue weighted by Crippen LogP contribution is 2.39. The molecule has 0 aliphatic rings. The van der Waals surface area contributed by atoms with E-state index in [1.54, 1.807) is 26.0 Å². The van der Waals surface area contributed by atoms with Crippen LogP contribution in [0.2, 0.25) is 0 Å². The molecule has 0 fully saturated rings. The van der Waals surface area contributed by atoms with Crippen molar-refractivity contribution in [3.05, 3.63) is 29.5 Å². The van der Waals surface area contributed by atoms with E-state index in [1.807, 2.05) is 0 Å². The number of benzene rings is 1. The Hall–Kier alpha value is -3.44. The Morgan fingerprint density at radius 2 is 1.45 bits per heavy atom. The monoisotopic (exact) mass is 462 g/mol. The average molecular weight is 463 g/mol. The Labute approximate surface area is 192 Å². The minimum absolute atomic E-state index is 0.0417. The number of nitrogens with zero attached hydrogens (tertiary/aromatic N) is 2. The lowest BCUT2D eigenvalue weighted by Gasteiger charge is -2.15. The van der Waals surface area contributed by atoms with Gasteiger partial charge >= 0.3 is 0 Å². The summed E-state index contributed by atoms with van der Waals surface area (Å²) in [7, 11) is 4.59. The van der Waals surface area contributed by atoms with Gasteiger partial charge in [-0.3, -0.25) is 14.9 Å². The number of carbonyl (C=O) groups excluding carboxylic acids is 2. The lowest BCUT2D eigenvalue weighted by Crippen LogP contribution is -2.23. The van der Waals surface area contributed by atoms with Gasteiger partial charge in [-0.15, -0.1) is 0 Å². The van der Waals surface area contributed by atoms with E-state index in [9.17, 15) is 9.59 Å². The standard InChI is InChI=1S/C22H30N4O7/c1-6-32-12-18(27)24-21-15(11-23-22(26-21)25-19(28)13-33-7-2)8-14-9-16(29-3)20(31-5)17(10-14)30-4/h9-11H,6-8,12-13H2,1-5H3,(H2,23,24,25,26,27,28). The van der Waals surface area contributed by atoms with E-state index < -0.39 is 5.91 Å². The van der Waals surface area contributed by atoms with Gasteiger partial charge in [-0.05, 0) is 31.5 Å². The van der Waals surface area contributed by atoms with Crippen molar-refractivity contribution in [3.8, 4) is 17.2 Å². The summed E-state index contributed by atoms with van der Waals surface area (Å²) in [5.41, 5.74) is 1.42. The molecular formula is C22H30N4O7. The van der Waals surface area contributed by atoms with Gasteiger partial charge in [-0.1, -0.05) is 0 Å². The van der Waals surface area contributed by atoms with Crippen molar-refractivity contribution in [3.63, 3.8) is 0 Å². The Morgan fingerprint density at radius 1 is 0.879 bits per heavy atom. The van der Waals surface area contributed by atoms with Crippen molar-refractivity contribution < 1.29 is 33.3 Å². The highest BCUT2D eigenvalue weighted by molar-refractivity contribution is 5.93. The van der Waals surface area contributed by atoms with Gasteiger partial charge < -0.3 is 29.0 Å². The lowest BCUT2D eigenvalue weighted by atomic mass is 10.1. The topological polar surface area (TPSA) is 130 Å². The molecule has 2 aromatic rings. The minimum Gasteiger partial charge on any atom is -0.493 e. The first-order valence-corrected chi connectivity index (χ1v) is 10.4. The second-order valence-corrected chi connectivity index (χ2v) is 6.65. The van der Waals surface area contributed by atoms with E-state index in [0.29, 0.717) is 42.4 Å². The number of hydrogen-bond donors (Lipinski definition) is 2. The van der Waals surface area contributed by atoms with Crippen LogP contribution >= 0.6 is 0 Å². The third-order valence-electron chi connectivity index (χ3n) is 4.37. The maximum Gasteiger partial charge on any atom is 0.252 e. The summed E-state index contributed by atoms with van der Waals surface area (Å²) in [6, 6.07) is 3.59. The molecule has 0 aliphatic carbocycles. The first kappa shape index (κ1) is 25.8. The molecule has 180 valence electrons. The fraction of sp³-hybridized carbons (Fsp3) is 0.455. The zero-order valence-electron chi connectivity index (χ0n) is 19.5. The predicted octanol–water partition coefficient (Wildman–Crippen LogP) is 2.04. The number of hydrogen-bond acceptors (Lipinski definition) is 9. The molecule has 2 amide bonds. The van der Waals surface area contributed by atoms with Crippen LogP contribution < -0.4 is 24.8 Å². The zero-order valence-corrected chi connectivity index (χ0v) is 19.5. The molecule has 1 heterocycles. The number of rotatable bonds is 13. The summed E-state index contributed by atoms with van der Waals surface area (Å²) >= 11 is 0. The van der Waals surface area contributed by atoms with E-state index in [1.165, 1.54) is 27.5 Å². The van der Waals surface area contributed by atoms with Gasteiger partial charge in [0.15, 0.2) is 11.5 Å². The largest absolute Gasteiger partial charge is 0.493 e. The molecule has 2 rings (SSSR count). The molecule has 0 radical (unpaired) electrons. The molecule has 11 nitrogen and oxygen atoms in total. The summed E-state index contributed by atoms with van der Waals surface area (Å²) in [6.45, 7) is 4.12. The van der Waals surface area contributed by atoms with Gasteiger partial charge in [0.25, 0.3) is 11.8 Å². The van der Waals surface area contributed by atoms with Crippen LogP contribution in [0.15, 0.2) is 18.3 Å². The number of ether oxygens (including phenoxy) is 5. The second kappa shape index (κ2) is 13.2. The van der Waals surface area contributed by atoms with E-state index in [2.05, 4.69) is 20.6 Å². The normalized spacial score (nSPS) is 10.5. The van der Waals surface area contributed by atoms with Crippen LogP contribution in [0.3, 0.4) is 0 Å². The van der Waals surface area contributed by atoms with Crippen molar-refractivity contribution in [1.82, 2.24) is 9.97 Å². The molecule has 1 aromatic carbocycles. The number of anilines is 2. The van der Waals surface area contributed by atoms with Crippen LogP contribution in [0.1, 0.15) is 25.0 Å². The average Bonchev–Trinajstić information content (AvgIpc) is 2.82. The summed E-state index contributed by atoms with van der Waals surface area (Å²) in [4.78, 5) is 32.7. The van der Waals surface area contributed by atoms with Crippen LogP contribution in [-0.4, -0.2) is 69.5 Å². The highest BCUT2D eigenvalue weighted by Gasteiger charge is 2.17. The fourth-order valence-corrected chi connectivity index (χ4v) is 2.88. The predicted molar refractivity (Wildman–Crippen MR) is 121 cm³/mol. The highest BCUT2D eigenvalue weighted by atomic mass is 16.5. The smallest absolute Gasteiger partial charge is 0.252 e. The van der Waals surface area contributed by atoms with E-state index in [4.69, 9.17) is 23.7 Å². The molecule has 0 bridgehead atoms. The molecule has 0 saturated carbocycles. The van der Waals surface area contributed by atoms with E-state index in [-0.39, 0.29) is 30.9 Å². The molecule has 11 heteroatoms. The number of nitrogens with one attached hydrogen (secondary N) is 2. The van der Waals surface area contributed by atoms with E-state index >= 15 is 0 Å². The number of carbonyl (C=O) groups is 2. The summed E-state index contributed by atoms with van der Waals surface area (Å²) in [5.74, 6) is 0.964. The molecule has 0 aliphatic heterocycles. The quantitative estimate of drug-likeness (QED) is 0.459. The number of amides is 2. The van der Waals surface area contributed by atoms with Crippen molar-refractivity contribution in [2.24, 2.45) is 0 Å². The maximum atomic E-state index is 12.3. The van der Waals surface area contributed by atoms with Crippen LogP contribution in [0.25, 0.3) is 0 Å². The third-order valence-corrected chi connectivity index (χ3v) is 4.37. The van der Waals surface area contributed by atoms with Gasteiger partial charge in [0.05, 0.1) is 21.3 Å². The van der Waals surface area contributed by atoms with Gasteiger partial charge in [0.2, 0.25) is 11.7 Å². The molecule has 0 saturated heterocycles. The zero-order chi connectivity index (χ0) is 24.2. The lowest BCUT2D eigenvalue weighted by molar-refractivity contribution is -0.121. The Balaban J connectivity index is 2.36. The minimum atomic E-state index is -0.402. The molecule has 33 heavy (non-hydrogen) atoms. The summed E-state index contributed by atoms with van der Waals surface area (Å²) in [5, 5.41) is 5.27. The van der Waals surface area contributed by atoms with Crippen molar-refractivity contribution in [2.75, 3.05) is 58.4 Å². The van der Waals surface area contributed by atoms with E-state index in [0.717, 1.165) is 5.56 Å². The van der Waals surface area contributed by atoms with Crippen LogP contribution in [0.5, 0.6) is 17.2 Å². The molecule has 0 spiro atoms. The maximum absolute atomic E-state index is 12.3. The molecular weight excluding hydrogens is 432 g/mol. The molecule has 0 unspecified atom stereocenters. The molecule has 0 atom stereocenters. The summed E-state index contributed by atoms with van der Waals surface area (Å²) in [6.07, 6.45) is 1.87. The van der Waals surface area contributed by atoms with Gasteiger partial charge in [-0.25, -0.2) is 4.98 Å². The number of methoxy groups -OCH3 is 3. The Kier molecular flexibility index (Phi) is 10.3. The Morgan fingerprint density at radius 3 is 1.97 bits per heavy atom. The number of aromatic nitrogens is 2. The van der Waals surface area contributed by atoms with Crippen LogP contribution in [0.4, 0.5) is 11.8 Å². The van der Waals surface area contributed by atoms with Crippen LogP contribution in [-0.2, 0) is 25.5 Å².